The second kappa shape index (κ2) is 7.16. The van der Waals surface area contributed by atoms with E-state index in [4.69, 9.17) is 51.8 Å². The minimum atomic E-state index is 0.176. The smallest absolute Gasteiger partial charge is 0.202 e. The van der Waals surface area contributed by atoms with Gasteiger partial charge in [0, 0.05) is 19.7 Å². The lowest BCUT2D eigenvalue weighted by molar-refractivity contribution is 1.12. The summed E-state index contributed by atoms with van der Waals surface area (Å²) in [4.78, 5) is 3.35. The van der Waals surface area contributed by atoms with Gasteiger partial charge in [-0.2, -0.15) is 0 Å². The Labute approximate surface area is 183 Å². The molecule has 3 aromatic carbocycles. The summed E-state index contributed by atoms with van der Waals surface area (Å²) in [6, 6.07) is 11.8. The molecule has 0 unspecified atom stereocenters. The summed E-state index contributed by atoms with van der Waals surface area (Å²) in [6.45, 7) is 0. The van der Waals surface area contributed by atoms with E-state index in [-0.39, 0.29) is 26.1 Å². The van der Waals surface area contributed by atoms with Gasteiger partial charge in [0.25, 0.3) is 0 Å². The van der Waals surface area contributed by atoms with Crippen molar-refractivity contribution in [3.63, 3.8) is 0 Å². The summed E-state index contributed by atoms with van der Waals surface area (Å²) < 4.78 is 0. The molecule has 3 nitrogen and oxygen atoms in total. The standard InChI is InChI=1S/C21H15Cl4N3/c1-27(16-9-7-12-5-3-4-11-6-8-13(16)17(11)12)21(26)28(2)20-18(24)14(22)10-15(23)19(20)25/h3-10,26H,1-2H3. The van der Waals surface area contributed by atoms with Crippen LogP contribution in [-0.2, 0) is 0 Å². The molecule has 0 heterocycles. The largest absolute Gasteiger partial charge is 0.315 e. The van der Waals surface area contributed by atoms with Crippen LogP contribution < -0.4 is 9.80 Å². The van der Waals surface area contributed by atoms with Crippen molar-refractivity contribution >= 4 is 86.7 Å². The molecule has 4 rings (SSSR count). The van der Waals surface area contributed by atoms with Crippen molar-refractivity contribution in [2.24, 2.45) is 0 Å². The monoisotopic (exact) mass is 449 g/mol. The fourth-order valence-electron chi connectivity index (χ4n) is 3.50. The van der Waals surface area contributed by atoms with Gasteiger partial charge < -0.3 is 9.80 Å². The van der Waals surface area contributed by atoms with E-state index in [1.54, 1.807) is 16.8 Å². The predicted octanol–water partition coefficient (Wildman–Crippen LogP) is 7.44. The number of nitrogens with zero attached hydrogens (tertiary/aromatic N) is 2. The predicted molar refractivity (Wildman–Crippen MR) is 124 cm³/mol. The molecule has 28 heavy (non-hydrogen) atoms. The van der Waals surface area contributed by atoms with Crippen LogP contribution in [0.4, 0.5) is 11.4 Å². The van der Waals surface area contributed by atoms with Gasteiger partial charge in [-0.15, -0.1) is 0 Å². The van der Waals surface area contributed by atoms with Gasteiger partial charge in [0.15, 0.2) is 0 Å². The van der Waals surface area contributed by atoms with Gasteiger partial charge in [-0.3, -0.25) is 5.41 Å². The fraction of sp³-hybridized carbons (Fsp3) is 0.0952. The second-order valence-electron chi connectivity index (χ2n) is 6.54. The molecule has 0 atom stereocenters. The number of guanidine groups is 1. The molecule has 1 N–H and O–H groups in total. The van der Waals surface area contributed by atoms with Crippen LogP contribution in [0.2, 0.25) is 20.1 Å². The minimum Gasteiger partial charge on any atom is -0.315 e. The number of hydrogen-bond donors (Lipinski definition) is 1. The molecule has 0 aliphatic heterocycles. The third-order valence-corrected chi connectivity index (χ3v) is 6.50. The lowest BCUT2D eigenvalue weighted by Gasteiger charge is -2.30. The molecule has 0 bridgehead atoms. The van der Waals surface area contributed by atoms with Gasteiger partial charge >= 0.3 is 0 Å². The van der Waals surface area contributed by atoms with Crippen molar-refractivity contribution in [2.45, 2.75) is 0 Å². The number of benzene rings is 3. The summed E-state index contributed by atoms with van der Waals surface area (Å²) in [5, 5.41) is 12.2. The molecule has 0 spiro atoms. The van der Waals surface area contributed by atoms with Crippen molar-refractivity contribution in [1.29, 1.82) is 5.41 Å². The molecule has 142 valence electrons. The van der Waals surface area contributed by atoms with Crippen LogP contribution in [0.1, 0.15) is 11.1 Å². The maximum Gasteiger partial charge on any atom is 0.202 e. The van der Waals surface area contributed by atoms with Gasteiger partial charge in [-0.1, -0.05) is 82.8 Å². The molecule has 7 heteroatoms. The molecule has 0 radical (unpaired) electrons. The molecule has 1 aliphatic carbocycles. The lowest BCUT2D eigenvalue weighted by Crippen LogP contribution is -2.40. The van der Waals surface area contributed by atoms with Crippen LogP contribution in [0, 0.1) is 5.41 Å². The van der Waals surface area contributed by atoms with E-state index in [0.717, 1.165) is 11.3 Å². The molecule has 0 fully saturated rings. The maximum atomic E-state index is 8.73. The number of hydrogen-bond acceptors (Lipinski definition) is 1. The molecule has 0 saturated carbocycles. The summed E-state index contributed by atoms with van der Waals surface area (Å²) in [5.41, 5.74) is 3.56. The molecule has 0 aromatic heterocycles. The third-order valence-electron chi connectivity index (χ3n) is 4.95. The first-order chi connectivity index (χ1) is 13.3. The molecule has 0 saturated heterocycles. The highest BCUT2D eigenvalue weighted by Crippen LogP contribution is 2.43. The van der Waals surface area contributed by atoms with Crippen LogP contribution in [0.25, 0.3) is 22.9 Å². The lowest BCUT2D eigenvalue weighted by atomic mass is 10.0. The average Bonchev–Trinajstić information content (AvgIpc) is 3.12. The maximum absolute atomic E-state index is 8.73. The van der Waals surface area contributed by atoms with E-state index < -0.39 is 0 Å². The van der Waals surface area contributed by atoms with Crippen molar-refractivity contribution in [1.82, 2.24) is 0 Å². The number of anilines is 2. The van der Waals surface area contributed by atoms with Crippen LogP contribution in [0.15, 0.2) is 36.4 Å². The SMILES string of the molecule is CN(C(=N)N(C)c1c(Cl)c(Cl)cc(Cl)c1Cl)c1ccc2cccc3c2c1C=C3. The first-order valence-corrected chi connectivity index (χ1v) is 9.95. The van der Waals surface area contributed by atoms with E-state index in [1.807, 2.05) is 19.2 Å². The van der Waals surface area contributed by atoms with Crippen LogP contribution in [-0.4, -0.2) is 20.1 Å². The summed E-state index contributed by atoms with van der Waals surface area (Å²) in [5.74, 6) is 0.176. The van der Waals surface area contributed by atoms with E-state index >= 15 is 0 Å². The molecule has 0 amide bonds. The fourth-order valence-corrected chi connectivity index (χ4v) is 4.55. The number of nitrogens with one attached hydrogen (secondary N) is 1. The third kappa shape index (κ3) is 2.94. The van der Waals surface area contributed by atoms with Gasteiger partial charge in [0.2, 0.25) is 5.96 Å². The summed E-state index contributed by atoms with van der Waals surface area (Å²) in [6.07, 6.45) is 4.17. The Hall–Kier alpha value is -1.91. The highest BCUT2D eigenvalue weighted by molar-refractivity contribution is 6.50. The zero-order valence-electron chi connectivity index (χ0n) is 15.0. The van der Waals surface area contributed by atoms with Crippen molar-refractivity contribution in [2.75, 3.05) is 23.9 Å². The Kier molecular flexibility index (Phi) is 4.96. The number of halogens is 4. The van der Waals surface area contributed by atoms with Gasteiger partial charge in [-0.05, 0) is 28.5 Å². The Morgan fingerprint density at radius 1 is 0.857 bits per heavy atom. The van der Waals surface area contributed by atoms with Crippen molar-refractivity contribution in [3.05, 3.63) is 67.6 Å². The highest BCUT2D eigenvalue weighted by atomic mass is 35.5. The Morgan fingerprint density at radius 2 is 1.54 bits per heavy atom. The Morgan fingerprint density at radius 3 is 2.21 bits per heavy atom. The topological polar surface area (TPSA) is 30.3 Å². The second-order valence-corrected chi connectivity index (χ2v) is 8.11. The molecular weight excluding hydrogens is 436 g/mol. The number of rotatable bonds is 2. The van der Waals surface area contributed by atoms with E-state index in [9.17, 15) is 0 Å². The van der Waals surface area contributed by atoms with Crippen LogP contribution in [0.5, 0.6) is 0 Å². The Bertz CT molecular complexity index is 1140. The quantitative estimate of drug-likeness (QED) is 0.195. The Balaban J connectivity index is 1.77. The minimum absolute atomic E-state index is 0.176. The molecule has 1 aliphatic rings. The van der Waals surface area contributed by atoms with Crippen LogP contribution >= 0.6 is 46.4 Å². The van der Waals surface area contributed by atoms with E-state index in [2.05, 4.69) is 30.4 Å². The molecule has 3 aromatic rings. The summed E-state index contributed by atoms with van der Waals surface area (Å²) in [7, 11) is 3.54. The van der Waals surface area contributed by atoms with Crippen molar-refractivity contribution in [3.8, 4) is 0 Å². The average molecular weight is 451 g/mol. The van der Waals surface area contributed by atoms with Gasteiger partial charge in [0.05, 0.1) is 31.5 Å². The zero-order valence-corrected chi connectivity index (χ0v) is 18.0. The highest BCUT2D eigenvalue weighted by Gasteiger charge is 2.24. The summed E-state index contributed by atoms with van der Waals surface area (Å²) >= 11 is 25.0. The zero-order chi connectivity index (χ0) is 20.2. The normalized spacial score (nSPS) is 11.9. The van der Waals surface area contributed by atoms with E-state index in [0.29, 0.717) is 5.69 Å². The first kappa shape index (κ1) is 19.4. The van der Waals surface area contributed by atoms with Crippen molar-refractivity contribution < 1.29 is 0 Å². The van der Waals surface area contributed by atoms with Gasteiger partial charge in [-0.25, -0.2) is 0 Å². The van der Waals surface area contributed by atoms with E-state index in [1.165, 1.54) is 22.4 Å². The first-order valence-electron chi connectivity index (χ1n) is 8.44. The van der Waals surface area contributed by atoms with Crippen LogP contribution in [0.3, 0.4) is 0 Å². The van der Waals surface area contributed by atoms with Gasteiger partial charge in [0.1, 0.15) is 0 Å². The molecular formula is C21H15Cl4N3.